The Hall–Kier alpha value is -2.98. The number of aromatic nitrogens is 1. The molecule has 0 bridgehead atoms. The first-order chi connectivity index (χ1) is 15.3. The summed E-state index contributed by atoms with van der Waals surface area (Å²) >= 11 is 1.84. The molecule has 0 spiro atoms. The van der Waals surface area contributed by atoms with Gasteiger partial charge in [0.1, 0.15) is 23.0 Å². The minimum Gasteiger partial charge on any atom is -0.478 e. The van der Waals surface area contributed by atoms with Gasteiger partial charge in [0, 0.05) is 10.9 Å². The molecule has 0 unspecified atom stereocenters. The van der Waals surface area contributed by atoms with E-state index in [1.54, 1.807) is 12.1 Å². The zero-order valence-corrected chi connectivity index (χ0v) is 18.5. The number of nitrogens with zero attached hydrogens (tertiary/aromatic N) is 1. The molecule has 1 aromatic heterocycles. The zero-order chi connectivity index (χ0) is 22.9. The Bertz CT molecular complexity index is 1290. The number of carboxylic acids is 1. The van der Waals surface area contributed by atoms with Crippen molar-refractivity contribution in [2.75, 3.05) is 0 Å². The van der Waals surface area contributed by atoms with Gasteiger partial charge in [0.2, 0.25) is 0 Å². The number of halogens is 4. The number of alkyl halides is 3. The van der Waals surface area contributed by atoms with Gasteiger partial charge in [0.15, 0.2) is 0 Å². The number of pyridine rings is 1. The van der Waals surface area contributed by atoms with Gasteiger partial charge in [-0.2, -0.15) is 13.2 Å². The van der Waals surface area contributed by atoms with E-state index in [1.807, 2.05) is 59.4 Å². The topological polar surface area (TPSA) is 59.4 Å². The summed E-state index contributed by atoms with van der Waals surface area (Å²) in [6.07, 6.45) is -4.57. The van der Waals surface area contributed by atoms with Crippen LogP contribution in [0.25, 0.3) is 33.3 Å². The van der Waals surface area contributed by atoms with E-state index in [0.717, 1.165) is 28.8 Å². The maximum Gasteiger partial charge on any atom is 0.416 e. The second kappa shape index (κ2) is 8.87. The molecule has 1 heterocycles. The largest absolute Gasteiger partial charge is 0.478 e. The number of hydrogen-bond donors (Lipinski definition) is 1. The molecule has 0 saturated heterocycles. The van der Waals surface area contributed by atoms with Crippen LogP contribution in [0.5, 0.6) is 0 Å². The van der Waals surface area contributed by atoms with Crippen molar-refractivity contribution in [2.24, 2.45) is 0 Å². The lowest BCUT2D eigenvalue weighted by atomic mass is 9.99. The summed E-state index contributed by atoms with van der Waals surface area (Å²) in [6.45, 7) is 0.518. The van der Waals surface area contributed by atoms with E-state index >= 15 is 0 Å². The molecule has 4 nitrogen and oxygen atoms in total. The standard InChI is InChI=1S/C24H15F3INO3/c25-24(26,27)18-9-10-21-19(11-18)20(23(30)31)12-22(29-21)17-7-5-16(6-8-17)15-3-1-14(2-4-15)13-32-28/h1-12H,13H2,(H,30,31). The lowest BCUT2D eigenvalue weighted by Crippen LogP contribution is -2.06. The van der Waals surface area contributed by atoms with Crippen molar-refractivity contribution in [3.63, 3.8) is 0 Å². The highest BCUT2D eigenvalue weighted by Crippen LogP contribution is 2.33. The molecular formula is C24H15F3INO3. The van der Waals surface area contributed by atoms with E-state index < -0.39 is 17.7 Å². The highest BCUT2D eigenvalue weighted by atomic mass is 127. The van der Waals surface area contributed by atoms with Crippen molar-refractivity contribution in [2.45, 2.75) is 12.8 Å². The summed E-state index contributed by atoms with van der Waals surface area (Å²) in [5.74, 6) is -1.31. The van der Waals surface area contributed by atoms with Gasteiger partial charge in [0.25, 0.3) is 0 Å². The minimum absolute atomic E-state index is 0.0525. The fraction of sp³-hybridized carbons (Fsp3) is 0.0833. The van der Waals surface area contributed by atoms with Crippen LogP contribution < -0.4 is 0 Å². The van der Waals surface area contributed by atoms with Crippen LogP contribution in [0.15, 0.2) is 72.8 Å². The third-order valence-corrected chi connectivity index (χ3v) is 5.37. The molecular weight excluding hydrogens is 534 g/mol. The molecule has 0 atom stereocenters. The number of aromatic carboxylic acids is 1. The third kappa shape index (κ3) is 4.61. The Kier molecular flexibility index (Phi) is 6.16. The van der Waals surface area contributed by atoms with Crippen LogP contribution in [0.2, 0.25) is 0 Å². The van der Waals surface area contributed by atoms with E-state index in [9.17, 15) is 23.1 Å². The van der Waals surface area contributed by atoms with E-state index in [-0.39, 0.29) is 16.5 Å². The molecule has 4 rings (SSSR count). The van der Waals surface area contributed by atoms with Crippen LogP contribution in [-0.4, -0.2) is 16.1 Å². The number of carboxylic acid groups (broad SMARTS) is 1. The summed E-state index contributed by atoms with van der Waals surface area (Å²) in [6, 6.07) is 19.5. The zero-order valence-electron chi connectivity index (χ0n) is 16.4. The van der Waals surface area contributed by atoms with Gasteiger partial charge in [-0.15, -0.1) is 0 Å². The van der Waals surface area contributed by atoms with Crippen molar-refractivity contribution in [1.29, 1.82) is 0 Å². The number of carbonyl (C=O) groups is 1. The average molecular weight is 549 g/mol. The Balaban J connectivity index is 1.72. The molecule has 32 heavy (non-hydrogen) atoms. The summed E-state index contributed by atoms with van der Waals surface area (Å²) in [7, 11) is 0. The highest BCUT2D eigenvalue weighted by molar-refractivity contribution is 14.1. The number of fused-ring (bicyclic) bond motifs is 1. The molecule has 8 heteroatoms. The fourth-order valence-electron chi connectivity index (χ4n) is 3.42. The molecule has 0 aliphatic carbocycles. The Morgan fingerprint density at radius 3 is 2.06 bits per heavy atom. The summed E-state index contributed by atoms with van der Waals surface area (Å²) in [5, 5.41) is 9.53. The van der Waals surface area contributed by atoms with Crippen molar-refractivity contribution >= 4 is 39.9 Å². The Labute approximate surface area is 195 Å². The van der Waals surface area contributed by atoms with Gasteiger partial charge >= 0.3 is 12.1 Å². The molecule has 0 saturated carbocycles. The Morgan fingerprint density at radius 1 is 0.906 bits per heavy atom. The van der Waals surface area contributed by atoms with Crippen molar-refractivity contribution < 1.29 is 26.1 Å². The van der Waals surface area contributed by atoms with Crippen LogP contribution in [0.3, 0.4) is 0 Å². The summed E-state index contributed by atoms with van der Waals surface area (Å²) in [4.78, 5) is 16.2. The van der Waals surface area contributed by atoms with E-state index in [2.05, 4.69) is 4.98 Å². The average Bonchev–Trinajstić information content (AvgIpc) is 2.78. The Morgan fingerprint density at radius 2 is 1.50 bits per heavy atom. The van der Waals surface area contributed by atoms with E-state index in [4.69, 9.17) is 3.07 Å². The van der Waals surface area contributed by atoms with Crippen LogP contribution >= 0.6 is 23.0 Å². The molecule has 0 aliphatic heterocycles. The lowest BCUT2D eigenvalue weighted by Gasteiger charge is -2.11. The van der Waals surface area contributed by atoms with Gasteiger partial charge in [0.05, 0.1) is 28.9 Å². The number of benzene rings is 3. The molecule has 1 N–H and O–H groups in total. The van der Waals surface area contributed by atoms with Crippen molar-refractivity contribution in [3.05, 3.63) is 89.5 Å². The SMILES string of the molecule is O=C(O)c1cc(-c2ccc(-c3ccc(COI)cc3)cc2)nc2ccc(C(F)(F)F)cc12. The molecule has 4 aromatic rings. The first kappa shape index (κ1) is 22.2. The van der Waals surface area contributed by atoms with Crippen LogP contribution in [0.4, 0.5) is 13.2 Å². The molecule has 0 aliphatic rings. The second-order valence-corrected chi connectivity index (χ2v) is 7.74. The van der Waals surface area contributed by atoms with Crippen LogP contribution in [0, 0.1) is 0 Å². The van der Waals surface area contributed by atoms with Crippen molar-refractivity contribution in [1.82, 2.24) is 4.98 Å². The van der Waals surface area contributed by atoms with Gasteiger partial charge in [-0.1, -0.05) is 48.5 Å². The molecule has 0 radical (unpaired) electrons. The normalized spacial score (nSPS) is 11.6. The molecule has 0 fully saturated rings. The molecule has 162 valence electrons. The third-order valence-electron chi connectivity index (χ3n) is 5.06. The van der Waals surface area contributed by atoms with E-state index in [1.165, 1.54) is 12.1 Å². The highest BCUT2D eigenvalue weighted by Gasteiger charge is 2.31. The van der Waals surface area contributed by atoms with Crippen molar-refractivity contribution in [3.8, 4) is 22.4 Å². The molecule has 3 aromatic carbocycles. The smallest absolute Gasteiger partial charge is 0.416 e. The first-order valence-corrected chi connectivity index (χ1v) is 10.3. The van der Waals surface area contributed by atoms with Crippen LogP contribution in [0.1, 0.15) is 21.5 Å². The van der Waals surface area contributed by atoms with Crippen LogP contribution in [-0.2, 0) is 15.8 Å². The van der Waals surface area contributed by atoms with Gasteiger partial charge < -0.3 is 8.17 Å². The number of hydrogen-bond acceptors (Lipinski definition) is 3. The minimum atomic E-state index is -4.57. The van der Waals surface area contributed by atoms with E-state index in [0.29, 0.717) is 17.9 Å². The lowest BCUT2D eigenvalue weighted by molar-refractivity contribution is -0.137. The quantitative estimate of drug-likeness (QED) is 0.269. The maximum atomic E-state index is 13.1. The fourth-order valence-corrected chi connectivity index (χ4v) is 3.78. The van der Waals surface area contributed by atoms with Gasteiger partial charge in [-0.05, 0) is 41.0 Å². The second-order valence-electron chi connectivity index (χ2n) is 7.12. The first-order valence-electron chi connectivity index (χ1n) is 9.45. The predicted octanol–water partition coefficient (Wildman–Crippen LogP) is 7.15. The summed E-state index contributed by atoms with van der Waals surface area (Å²) in [5.41, 5.74) is 3.09. The monoisotopic (exact) mass is 549 g/mol. The van der Waals surface area contributed by atoms with Gasteiger partial charge in [-0.25, -0.2) is 9.78 Å². The van der Waals surface area contributed by atoms with Gasteiger partial charge in [-0.3, -0.25) is 0 Å². The molecule has 0 amide bonds. The maximum absolute atomic E-state index is 13.1. The predicted molar refractivity (Wildman–Crippen MR) is 123 cm³/mol. The summed E-state index contributed by atoms with van der Waals surface area (Å²) < 4.78 is 44.3. The number of rotatable bonds is 5.